The monoisotopic (exact) mass is 368 g/mol. The van der Waals surface area contributed by atoms with Crippen LogP contribution in [0.4, 0.5) is 10.3 Å². The maximum absolute atomic E-state index is 14.6. The molecule has 3 heterocycles. The zero-order valence-corrected chi connectivity index (χ0v) is 15.1. The largest absolute Gasteiger partial charge is 0.490 e. The Morgan fingerprint density at radius 2 is 2.19 bits per heavy atom. The number of aryl methyl sites for hydroxylation is 1. The minimum absolute atomic E-state index is 0.183. The summed E-state index contributed by atoms with van der Waals surface area (Å²) in [6.07, 6.45) is 3.95. The molecular formula is C19H21FN6O. The van der Waals surface area contributed by atoms with E-state index in [2.05, 4.69) is 20.4 Å². The molecule has 7 nitrogen and oxygen atoms in total. The highest BCUT2D eigenvalue weighted by atomic mass is 19.1. The van der Waals surface area contributed by atoms with Crippen molar-refractivity contribution >= 4 is 17.0 Å². The van der Waals surface area contributed by atoms with Crippen LogP contribution in [0.25, 0.3) is 22.3 Å². The van der Waals surface area contributed by atoms with E-state index in [9.17, 15) is 4.39 Å². The SMILES string of the molecule is Cn1nc(-c2ccc(OCC3CC4(CNC4)C3)c(F)c2)c2cnc(N)nc21. The number of anilines is 1. The van der Waals surface area contributed by atoms with E-state index in [4.69, 9.17) is 10.5 Å². The lowest BCUT2D eigenvalue weighted by atomic mass is 9.59. The average molecular weight is 368 g/mol. The van der Waals surface area contributed by atoms with E-state index in [1.165, 1.54) is 18.9 Å². The van der Waals surface area contributed by atoms with Crippen LogP contribution in [-0.4, -0.2) is 39.4 Å². The van der Waals surface area contributed by atoms with Crippen molar-refractivity contribution < 1.29 is 9.13 Å². The van der Waals surface area contributed by atoms with E-state index < -0.39 is 0 Å². The Hall–Kier alpha value is -2.74. The molecule has 2 aliphatic rings. The number of fused-ring (bicyclic) bond motifs is 1. The lowest BCUT2D eigenvalue weighted by Gasteiger charge is -2.54. The molecule has 1 saturated heterocycles. The highest BCUT2D eigenvalue weighted by molar-refractivity contribution is 5.91. The van der Waals surface area contributed by atoms with Gasteiger partial charge in [-0.25, -0.2) is 14.1 Å². The van der Waals surface area contributed by atoms with Crippen molar-refractivity contribution in [2.45, 2.75) is 12.8 Å². The van der Waals surface area contributed by atoms with Crippen LogP contribution in [0.1, 0.15) is 12.8 Å². The molecule has 1 aromatic carbocycles. The molecule has 2 fully saturated rings. The predicted molar refractivity (Wildman–Crippen MR) is 99.6 cm³/mol. The van der Waals surface area contributed by atoms with Crippen LogP contribution < -0.4 is 15.8 Å². The Morgan fingerprint density at radius 3 is 2.89 bits per heavy atom. The minimum atomic E-state index is -0.387. The van der Waals surface area contributed by atoms with Crippen LogP contribution in [0, 0.1) is 17.2 Å². The molecule has 2 aromatic heterocycles. The molecule has 3 aromatic rings. The zero-order valence-electron chi connectivity index (χ0n) is 15.1. The van der Waals surface area contributed by atoms with E-state index in [0.29, 0.717) is 34.8 Å². The van der Waals surface area contributed by atoms with Gasteiger partial charge in [0.15, 0.2) is 17.2 Å². The smallest absolute Gasteiger partial charge is 0.222 e. The predicted octanol–water partition coefficient (Wildman–Crippen LogP) is 2.13. The van der Waals surface area contributed by atoms with Crippen molar-refractivity contribution in [3.63, 3.8) is 0 Å². The molecule has 3 N–H and O–H groups in total. The summed E-state index contributed by atoms with van der Waals surface area (Å²) >= 11 is 0. The minimum Gasteiger partial charge on any atom is -0.490 e. The van der Waals surface area contributed by atoms with Gasteiger partial charge in [0.05, 0.1) is 12.0 Å². The lowest BCUT2D eigenvalue weighted by molar-refractivity contribution is -0.0204. The second-order valence-corrected chi connectivity index (χ2v) is 7.77. The number of halogens is 1. The molecule has 0 radical (unpaired) electrons. The first-order valence-electron chi connectivity index (χ1n) is 9.12. The highest BCUT2D eigenvalue weighted by Gasteiger charge is 2.48. The van der Waals surface area contributed by atoms with Gasteiger partial charge in [-0.15, -0.1) is 0 Å². The maximum Gasteiger partial charge on any atom is 0.222 e. The molecule has 0 bridgehead atoms. The molecule has 140 valence electrons. The van der Waals surface area contributed by atoms with Crippen LogP contribution in [-0.2, 0) is 7.05 Å². The molecule has 0 unspecified atom stereocenters. The van der Waals surface area contributed by atoms with Gasteiger partial charge < -0.3 is 15.8 Å². The van der Waals surface area contributed by atoms with E-state index >= 15 is 0 Å². The fourth-order valence-corrected chi connectivity index (χ4v) is 4.29. The first-order valence-corrected chi connectivity index (χ1v) is 9.12. The summed E-state index contributed by atoms with van der Waals surface area (Å²) in [5.74, 6) is 0.602. The Bertz CT molecular complexity index is 1020. The number of hydrogen-bond acceptors (Lipinski definition) is 6. The number of ether oxygens (including phenoxy) is 1. The number of hydrogen-bond donors (Lipinski definition) is 2. The van der Waals surface area contributed by atoms with Gasteiger partial charge in [-0.1, -0.05) is 0 Å². The second kappa shape index (κ2) is 5.88. The number of rotatable bonds is 4. The molecule has 1 aliphatic carbocycles. The summed E-state index contributed by atoms with van der Waals surface area (Å²) in [6, 6.07) is 4.93. The third-order valence-electron chi connectivity index (χ3n) is 5.72. The topological polar surface area (TPSA) is 90.9 Å². The summed E-state index contributed by atoms with van der Waals surface area (Å²) in [5, 5.41) is 8.50. The zero-order chi connectivity index (χ0) is 18.6. The summed E-state index contributed by atoms with van der Waals surface area (Å²) < 4.78 is 21.9. The number of aromatic nitrogens is 4. The molecule has 27 heavy (non-hydrogen) atoms. The third-order valence-corrected chi connectivity index (χ3v) is 5.72. The van der Waals surface area contributed by atoms with Gasteiger partial charge in [-0.2, -0.15) is 10.1 Å². The van der Waals surface area contributed by atoms with Crippen LogP contribution >= 0.6 is 0 Å². The van der Waals surface area contributed by atoms with Gasteiger partial charge in [-0.3, -0.25) is 0 Å². The Kier molecular flexibility index (Phi) is 3.58. The Morgan fingerprint density at radius 1 is 1.37 bits per heavy atom. The summed E-state index contributed by atoms with van der Waals surface area (Å²) in [4.78, 5) is 8.22. The van der Waals surface area contributed by atoms with E-state index in [1.807, 2.05) is 6.07 Å². The van der Waals surface area contributed by atoms with Gasteiger partial charge in [0.2, 0.25) is 5.95 Å². The maximum atomic E-state index is 14.6. The van der Waals surface area contributed by atoms with Gasteiger partial charge >= 0.3 is 0 Å². The van der Waals surface area contributed by atoms with Crippen LogP contribution in [0.15, 0.2) is 24.4 Å². The van der Waals surface area contributed by atoms with E-state index in [-0.39, 0.29) is 17.5 Å². The molecule has 1 saturated carbocycles. The molecule has 0 atom stereocenters. The normalized spacial score (nSPS) is 18.4. The summed E-state index contributed by atoms with van der Waals surface area (Å²) in [5.41, 5.74) is 8.04. The fourth-order valence-electron chi connectivity index (χ4n) is 4.29. The van der Waals surface area contributed by atoms with Crippen molar-refractivity contribution in [2.24, 2.45) is 18.4 Å². The third kappa shape index (κ3) is 2.71. The molecule has 0 amide bonds. The van der Waals surface area contributed by atoms with Crippen LogP contribution in [0.2, 0.25) is 0 Å². The average Bonchev–Trinajstić information content (AvgIpc) is 2.89. The lowest BCUT2D eigenvalue weighted by Crippen LogP contribution is -2.60. The number of nitrogen functional groups attached to an aromatic ring is 1. The Labute approximate surface area is 155 Å². The van der Waals surface area contributed by atoms with Gasteiger partial charge in [-0.05, 0) is 42.4 Å². The first-order chi connectivity index (χ1) is 13.0. The molecule has 1 spiro atoms. The van der Waals surface area contributed by atoms with Crippen molar-refractivity contribution in [1.29, 1.82) is 0 Å². The molecular weight excluding hydrogens is 347 g/mol. The molecule has 5 rings (SSSR count). The van der Waals surface area contributed by atoms with Crippen molar-refractivity contribution in [3.8, 4) is 17.0 Å². The van der Waals surface area contributed by atoms with Crippen molar-refractivity contribution in [3.05, 3.63) is 30.2 Å². The summed E-state index contributed by atoms with van der Waals surface area (Å²) in [7, 11) is 1.77. The van der Waals surface area contributed by atoms with Gasteiger partial charge in [0.1, 0.15) is 5.69 Å². The quantitative estimate of drug-likeness (QED) is 0.733. The standard InChI is InChI=1S/C19H21FN6O/c1-26-17-13(7-23-18(21)24-17)16(25-26)12-2-3-15(14(20)4-12)27-8-11-5-19(6-11)9-22-10-19/h2-4,7,11,22H,5-6,8-10H2,1H3,(H2,21,23,24). The van der Waals surface area contributed by atoms with Gasteiger partial charge in [0.25, 0.3) is 0 Å². The second-order valence-electron chi connectivity index (χ2n) is 7.77. The van der Waals surface area contributed by atoms with Gasteiger partial charge in [0, 0.05) is 31.9 Å². The first kappa shape index (κ1) is 16.4. The van der Waals surface area contributed by atoms with E-state index in [0.717, 1.165) is 18.5 Å². The highest BCUT2D eigenvalue weighted by Crippen LogP contribution is 2.48. The number of nitrogens with one attached hydrogen (secondary N) is 1. The number of nitrogens with zero attached hydrogens (tertiary/aromatic N) is 4. The van der Waals surface area contributed by atoms with E-state index in [1.54, 1.807) is 24.0 Å². The van der Waals surface area contributed by atoms with Crippen molar-refractivity contribution in [1.82, 2.24) is 25.1 Å². The molecule has 1 aliphatic heterocycles. The molecule has 8 heteroatoms. The number of benzene rings is 1. The Balaban J connectivity index is 1.34. The fraction of sp³-hybridized carbons (Fsp3) is 0.421. The number of nitrogens with two attached hydrogens (primary N) is 1. The van der Waals surface area contributed by atoms with Crippen LogP contribution in [0.5, 0.6) is 5.75 Å². The van der Waals surface area contributed by atoms with Crippen LogP contribution in [0.3, 0.4) is 0 Å². The summed E-state index contributed by atoms with van der Waals surface area (Å²) in [6.45, 7) is 2.79. The van der Waals surface area contributed by atoms with Crippen molar-refractivity contribution in [2.75, 3.05) is 25.4 Å².